The SMILES string of the molecule is O=C([O-])C1C=C(NCCc2cccc(Cl)c2)C=CC1(O)O.[Na+]. The molecule has 5 nitrogen and oxygen atoms in total. The van der Waals surface area contributed by atoms with Crippen LogP contribution < -0.4 is 40.0 Å². The smallest absolute Gasteiger partial charge is 0.549 e. The molecule has 112 valence electrons. The summed E-state index contributed by atoms with van der Waals surface area (Å²) in [7, 11) is 0. The molecule has 0 amide bonds. The van der Waals surface area contributed by atoms with Crippen molar-refractivity contribution in [3.05, 3.63) is 58.8 Å². The first-order chi connectivity index (χ1) is 9.88. The molecule has 7 heteroatoms. The molecular weight excluding hydrogens is 317 g/mol. The molecule has 1 aromatic carbocycles. The molecule has 1 atom stereocenters. The van der Waals surface area contributed by atoms with Crippen LogP contribution in [-0.4, -0.2) is 28.5 Å². The van der Waals surface area contributed by atoms with Gasteiger partial charge in [0, 0.05) is 17.3 Å². The van der Waals surface area contributed by atoms with Crippen LogP contribution in [0, 0.1) is 5.92 Å². The summed E-state index contributed by atoms with van der Waals surface area (Å²) >= 11 is 5.89. The van der Waals surface area contributed by atoms with Crippen molar-refractivity contribution in [1.82, 2.24) is 5.32 Å². The number of allylic oxidation sites excluding steroid dienone is 1. The number of carboxylic acids is 1. The molecule has 1 unspecified atom stereocenters. The predicted octanol–water partition coefficient (Wildman–Crippen LogP) is -3.02. The molecule has 0 spiro atoms. The van der Waals surface area contributed by atoms with Crippen LogP contribution in [-0.2, 0) is 11.2 Å². The predicted molar refractivity (Wildman–Crippen MR) is 76.0 cm³/mol. The van der Waals surface area contributed by atoms with Gasteiger partial charge in [-0.2, -0.15) is 0 Å². The first-order valence-electron chi connectivity index (χ1n) is 6.43. The fourth-order valence-electron chi connectivity index (χ4n) is 2.08. The van der Waals surface area contributed by atoms with Gasteiger partial charge in [0.1, 0.15) is 0 Å². The number of aliphatic carboxylic acids is 1. The van der Waals surface area contributed by atoms with Crippen LogP contribution in [0.3, 0.4) is 0 Å². The molecule has 0 fully saturated rings. The number of halogens is 1. The average Bonchev–Trinajstić information content (AvgIpc) is 2.40. The second-order valence-electron chi connectivity index (χ2n) is 4.84. The zero-order valence-corrected chi connectivity index (χ0v) is 14.9. The van der Waals surface area contributed by atoms with Crippen molar-refractivity contribution in [1.29, 1.82) is 0 Å². The summed E-state index contributed by atoms with van der Waals surface area (Å²) in [5.41, 5.74) is 1.55. The average molecular weight is 332 g/mol. The normalized spacial score (nSPS) is 19.0. The molecular formula is C15H15ClNNaO4. The minimum atomic E-state index is -2.42. The number of hydrogen-bond donors (Lipinski definition) is 3. The van der Waals surface area contributed by atoms with Crippen LogP contribution >= 0.6 is 11.6 Å². The standard InChI is InChI=1S/C15H16ClNO4.Na/c16-11-3-1-2-10(8-11)5-7-17-12-4-6-15(20,21)13(9-12)14(18)19;/h1-4,6,8-9,13,17,20-21H,5,7H2,(H,18,19);/q;+1/p-1. The van der Waals surface area contributed by atoms with E-state index in [1.54, 1.807) is 6.07 Å². The Morgan fingerprint density at radius 3 is 2.77 bits per heavy atom. The number of benzene rings is 1. The summed E-state index contributed by atoms with van der Waals surface area (Å²) in [5, 5.41) is 33.6. The van der Waals surface area contributed by atoms with Crippen LogP contribution in [0.1, 0.15) is 5.56 Å². The fraction of sp³-hybridized carbons (Fsp3) is 0.267. The van der Waals surface area contributed by atoms with Gasteiger partial charge >= 0.3 is 29.6 Å². The Balaban J connectivity index is 0.00000242. The Morgan fingerprint density at radius 1 is 1.41 bits per heavy atom. The number of carboxylic acid groups (broad SMARTS) is 1. The maximum absolute atomic E-state index is 10.9. The topological polar surface area (TPSA) is 92.6 Å². The molecule has 0 heterocycles. The summed E-state index contributed by atoms with van der Waals surface area (Å²) < 4.78 is 0. The van der Waals surface area contributed by atoms with E-state index in [4.69, 9.17) is 11.6 Å². The third-order valence-corrected chi connectivity index (χ3v) is 3.43. The first-order valence-corrected chi connectivity index (χ1v) is 6.81. The first kappa shape index (κ1) is 19.2. The van der Waals surface area contributed by atoms with Crippen molar-refractivity contribution < 1.29 is 49.7 Å². The maximum atomic E-state index is 10.9. The maximum Gasteiger partial charge on any atom is 1.00 e. The largest absolute Gasteiger partial charge is 1.00 e. The van der Waals surface area contributed by atoms with Crippen molar-refractivity contribution in [2.45, 2.75) is 12.2 Å². The molecule has 1 aliphatic carbocycles. The van der Waals surface area contributed by atoms with E-state index in [-0.39, 0.29) is 29.6 Å². The van der Waals surface area contributed by atoms with E-state index in [2.05, 4.69) is 5.32 Å². The van der Waals surface area contributed by atoms with Crippen molar-refractivity contribution >= 4 is 17.6 Å². The van der Waals surface area contributed by atoms with E-state index in [1.807, 2.05) is 18.2 Å². The molecule has 3 N–H and O–H groups in total. The molecule has 1 aliphatic rings. The van der Waals surface area contributed by atoms with E-state index in [9.17, 15) is 20.1 Å². The van der Waals surface area contributed by atoms with Gasteiger partial charge in [0.15, 0.2) is 5.79 Å². The van der Waals surface area contributed by atoms with Crippen molar-refractivity contribution in [3.8, 4) is 0 Å². The number of hydrogen-bond acceptors (Lipinski definition) is 5. The van der Waals surface area contributed by atoms with Crippen LogP contribution in [0.25, 0.3) is 0 Å². The molecule has 0 aromatic heterocycles. The van der Waals surface area contributed by atoms with Gasteiger partial charge in [-0.15, -0.1) is 0 Å². The van der Waals surface area contributed by atoms with Gasteiger partial charge in [0.2, 0.25) is 0 Å². The van der Waals surface area contributed by atoms with Crippen molar-refractivity contribution in [2.75, 3.05) is 6.54 Å². The van der Waals surface area contributed by atoms with E-state index < -0.39 is 17.7 Å². The van der Waals surface area contributed by atoms with Gasteiger partial charge in [-0.3, -0.25) is 0 Å². The number of aliphatic hydroxyl groups is 2. The Kier molecular flexibility index (Phi) is 7.12. The van der Waals surface area contributed by atoms with E-state index in [0.29, 0.717) is 23.7 Å². The van der Waals surface area contributed by atoms with E-state index in [1.165, 1.54) is 12.2 Å². The summed E-state index contributed by atoms with van der Waals surface area (Å²) in [6, 6.07) is 7.44. The summed E-state index contributed by atoms with van der Waals surface area (Å²) in [6.45, 7) is 0.556. The van der Waals surface area contributed by atoms with E-state index in [0.717, 1.165) is 11.6 Å². The van der Waals surface area contributed by atoms with Gasteiger partial charge in [-0.1, -0.05) is 23.7 Å². The zero-order chi connectivity index (χ0) is 15.5. The molecule has 0 saturated carbocycles. The minimum absolute atomic E-state index is 0. The third-order valence-electron chi connectivity index (χ3n) is 3.20. The quantitative estimate of drug-likeness (QED) is 0.394. The Morgan fingerprint density at radius 2 is 2.14 bits per heavy atom. The van der Waals surface area contributed by atoms with Gasteiger partial charge in [0.05, 0.1) is 11.9 Å². The van der Waals surface area contributed by atoms with Gasteiger partial charge in [-0.25, -0.2) is 0 Å². The van der Waals surface area contributed by atoms with Crippen molar-refractivity contribution in [2.24, 2.45) is 5.92 Å². The number of rotatable bonds is 5. The second-order valence-corrected chi connectivity index (χ2v) is 5.28. The molecule has 1 aromatic rings. The molecule has 0 aliphatic heterocycles. The second kappa shape index (κ2) is 8.15. The number of nitrogens with one attached hydrogen (secondary N) is 1. The monoisotopic (exact) mass is 331 g/mol. The number of carbonyl (C=O) groups is 1. The van der Waals surface area contributed by atoms with Crippen molar-refractivity contribution in [3.63, 3.8) is 0 Å². The minimum Gasteiger partial charge on any atom is -0.549 e. The summed E-state index contributed by atoms with van der Waals surface area (Å²) in [4.78, 5) is 10.9. The summed E-state index contributed by atoms with van der Waals surface area (Å²) in [5.74, 6) is -5.47. The molecule has 0 saturated heterocycles. The van der Waals surface area contributed by atoms with Crippen LogP contribution in [0.5, 0.6) is 0 Å². The molecule has 0 bridgehead atoms. The Hall–Kier alpha value is -0.820. The van der Waals surface area contributed by atoms with Gasteiger partial charge in [-0.05, 0) is 42.3 Å². The molecule has 22 heavy (non-hydrogen) atoms. The summed E-state index contributed by atoms with van der Waals surface area (Å²) in [6.07, 6.45) is 4.38. The van der Waals surface area contributed by atoms with Crippen LogP contribution in [0.2, 0.25) is 5.02 Å². The third kappa shape index (κ3) is 5.12. The van der Waals surface area contributed by atoms with Gasteiger partial charge in [0.25, 0.3) is 0 Å². The molecule has 0 radical (unpaired) electrons. The van der Waals surface area contributed by atoms with Gasteiger partial charge < -0.3 is 25.4 Å². The number of carbonyl (C=O) groups excluding carboxylic acids is 1. The fourth-order valence-corrected chi connectivity index (χ4v) is 2.29. The Labute approximate surface area is 155 Å². The van der Waals surface area contributed by atoms with Crippen LogP contribution in [0.4, 0.5) is 0 Å². The van der Waals surface area contributed by atoms with Crippen LogP contribution in [0.15, 0.2) is 48.2 Å². The van der Waals surface area contributed by atoms with E-state index >= 15 is 0 Å². The Bertz CT molecular complexity index is 601. The molecule has 2 rings (SSSR count). The zero-order valence-electron chi connectivity index (χ0n) is 12.1.